The average molecular weight is 461 g/mol. The smallest absolute Gasteiger partial charge is 0.410 e. The molecule has 0 unspecified atom stereocenters. The van der Waals surface area contributed by atoms with Gasteiger partial charge in [-0.15, -0.1) is 0 Å². The van der Waals surface area contributed by atoms with Crippen molar-refractivity contribution in [1.29, 1.82) is 0 Å². The molecule has 0 aliphatic carbocycles. The molecule has 0 bridgehead atoms. The first-order chi connectivity index (χ1) is 15.6. The Bertz CT molecular complexity index is 827. The van der Waals surface area contributed by atoms with E-state index in [0.717, 1.165) is 5.56 Å². The number of nitrogens with two attached hydrogens (primary N) is 1. The highest BCUT2D eigenvalue weighted by Gasteiger charge is 2.37. The third-order valence-corrected chi connectivity index (χ3v) is 5.61. The molecule has 9 nitrogen and oxygen atoms in total. The Labute approximate surface area is 195 Å². The highest BCUT2D eigenvalue weighted by atomic mass is 16.6. The van der Waals surface area contributed by atoms with Crippen LogP contribution in [0.4, 0.5) is 4.79 Å². The number of nitrogens with one attached hydrogen (secondary N) is 2. The second-order valence-corrected chi connectivity index (χ2v) is 9.21. The van der Waals surface area contributed by atoms with Gasteiger partial charge in [0.25, 0.3) is 0 Å². The topological polar surface area (TPSA) is 131 Å². The number of carbonyl (C=O) groups is 4. The van der Waals surface area contributed by atoms with Gasteiger partial charge in [-0.2, -0.15) is 0 Å². The summed E-state index contributed by atoms with van der Waals surface area (Å²) in [5.74, 6) is -1.58. The minimum atomic E-state index is -0.846. The number of nitrogens with zero attached hydrogens (tertiary/aromatic N) is 1. The summed E-state index contributed by atoms with van der Waals surface area (Å²) >= 11 is 0. The summed E-state index contributed by atoms with van der Waals surface area (Å²) < 4.78 is 5.39. The summed E-state index contributed by atoms with van der Waals surface area (Å²) in [5, 5.41) is 5.44. The van der Waals surface area contributed by atoms with Gasteiger partial charge in [-0.1, -0.05) is 58.0 Å². The lowest BCUT2D eigenvalue weighted by atomic mass is 9.99. The van der Waals surface area contributed by atoms with Gasteiger partial charge in [0.05, 0.1) is 0 Å². The van der Waals surface area contributed by atoms with E-state index in [1.807, 2.05) is 44.2 Å². The van der Waals surface area contributed by atoms with Gasteiger partial charge in [0.2, 0.25) is 17.7 Å². The Morgan fingerprint density at radius 1 is 1.09 bits per heavy atom. The van der Waals surface area contributed by atoms with Crippen molar-refractivity contribution >= 4 is 23.8 Å². The van der Waals surface area contributed by atoms with E-state index >= 15 is 0 Å². The van der Waals surface area contributed by atoms with Crippen LogP contribution >= 0.6 is 0 Å². The van der Waals surface area contributed by atoms with E-state index in [9.17, 15) is 19.2 Å². The maximum atomic E-state index is 13.1. The van der Waals surface area contributed by atoms with E-state index in [0.29, 0.717) is 25.8 Å². The quantitative estimate of drug-likeness (QED) is 0.491. The molecule has 9 heteroatoms. The lowest BCUT2D eigenvalue weighted by molar-refractivity contribution is -0.133. The zero-order chi connectivity index (χ0) is 24.5. The molecule has 0 saturated carbocycles. The van der Waals surface area contributed by atoms with E-state index in [4.69, 9.17) is 10.5 Å². The molecule has 33 heavy (non-hydrogen) atoms. The van der Waals surface area contributed by atoms with Crippen molar-refractivity contribution in [1.82, 2.24) is 15.5 Å². The third-order valence-electron chi connectivity index (χ3n) is 5.61. The second-order valence-electron chi connectivity index (χ2n) is 9.21. The minimum Gasteiger partial charge on any atom is -0.445 e. The van der Waals surface area contributed by atoms with Gasteiger partial charge in [0, 0.05) is 6.54 Å². The van der Waals surface area contributed by atoms with Crippen molar-refractivity contribution in [3.8, 4) is 0 Å². The van der Waals surface area contributed by atoms with Gasteiger partial charge in [-0.25, -0.2) is 4.79 Å². The van der Waals surface area contributed by atoms with Crippen molar-refractivity contribution in [2.24, 2.45) is 17.6 Å². The summed E-state index contributed by atoms with van der Waals surface area (Å²) in [5.41, 5.74) is 6.27. The summed E-state index contributed by atoms with van der Waals surface area (Å²) in [6, 6.07) is 6.91. The molecule has 0 aromatic heterocycles. The molecule has 1 aromatic rings. The van der Waals surface area contributed by atoms with Crippen molar-refractivity contribution in [3.05, 3.63) is 35.9 Å². The molecular formula is C24H36N4O5. The molecule has 1 fully saturated rings. The standard InChI is InChI=1S/C24H36N4O5/c1-15(2)13-18(22(30)27-20(16(3)4)21(25)29)26-23(31)19-11-8-12-28(19)24(32)33-14-17-9-6-5-7-10-17/h5-7,9-10,15-16,18-20H,8,11-14H2,1-4H3,(H2,25,29)(H,26,31)(H,27,30)/t18-,19-,20-/m0/s1. The van der Waals surface area contributed by atoms with E-state index in [-0.39, 0.29) is 18.4 Å². The van der Waals surface area contributed by atoms with E-state index in [1.54, 1.807) is 13.8 Å². The first-order valence-corrected chi connectivity index (χ1v) is 11.5. The van der Waals surface area contributed by atoms with Gasteiger partial charge in [0.15, 0.2) is 0 Å². The van der Waals surface area contributed by atoms with Crippen LogP contribution in [0.15, 0.2) is 30.3 Å². The fraction of sp³-hybridized carbons (Fsp3) is 0.583. The summed E-state index contributed by atoms with van der Waals surface area (Å²) in [4.78, 5) is 51.7. The number of amides is 4. The van der Waals surface area contributed by atoms with Gasteiger partial charge in [0.1, 0.15) is 24.7 Å². The molecule has 1 saturated heterocycles. The molecule has 0 spiro atoms. The molecule has 0 radical (unpaired) electrons. The number of carbonyl (C=O) groups excluding carboxylic acids is 4. The Morgan fingerprint density at radius 3 is 2.33 bits per heavy atom. The molecule has 2 rings (SSSR count). The fourth-order valence-corrected chi connectivity index (χ4v) is 3.85. The highest BCUT2D eigenvalue weighted by Crippen LogP contribution is 2.20. The molecule has 182 valence electrons. The maximum absolute atomic E-state index is 13.1. The summed E-state index contributed by atoms with van der Waals surface area (Å²) in [6.07, 6.45) is 0.969. The first kappa shape index (κ1) is 26.2. The molecule has 4 N–H and O–H groups in total. The number of ether oxygens (including phenoxy) is 1. The SMILES string of the molecule is CC(C)C[C@H](NC(=O)[C@@H]1CCCN1C(=O)OCc1ccccc1)C(=O)N[C@H](C(N)=O)C(C)C. The predicted octanol–water partition coefficient (Wildman–Crippen LogP) is 1.94. The number of rotatable bonds is 10. The van der Waals surface area contributed by atoms with Crippen molar-refractivity contribution in [2.45, 2.75) is 71.7 Å². The lowest BCUT2D eigenvalue weighted by Gasteiger charge is -2.28. The first-order valence-electron chi connectivity index (χ1n) is 11.5. The molecule has 3 atom stereocenters. The van der Waals surface area contributed by atoms with Crippen LogP contribution in [0.2, 0.25) is 0 Å². The molecule has 1 heterocycles. The Hall–Kier alpha value is -3.10. The van der Waals surface area contributed by atoms with E-state index in [1.165, 1.54) is 4.90 Å². The van der Waals surface area contributed by atoms with Crippen LogP contribution in [-0.2, 0) is 25.7 Å². The van der Waals surface area contributed by atoms with Crippen LogP contribution in [0.5, 0.6) is 0 Å². The monoisotopic (exact) mass is 460 g/mol. The number of hydrogen-bond acceptors (Lipinski definition) is 5. The van der Waals surface area contributed by atoms with Crippen LogP contribution in [0.1, 0.15) is 52.5 Å². The lowest BCUT2D eigenvalue weighted by Crippen LogP contribution is -2.57. The normalized spacial score (nSPS) is 17.5. The zero-order valence-corrected chi connectivity index (χ0v) is 19.9. The van der Waals surface area contributed by atoms with Crippen LogP contribution in [0, 0.1) is 11.8 Å². The number of primary amides is 1. The maximum Gasteiger partial charge on any atom is 0.410 e. The van der Waals surface area contributed by atoms with Gasteiger partial charge < -0.3 is 21.1 Å². The van der Waals surface area contributed by atoms with Gasteiger partial charge in [-0.05, 0) is 36.7 Å². The fourth-order valence-electron chi connectivity index (χ4n) is 3.85. The zero-order valence-electron chi connectivity index (χ0n) is 19.9. The van der Waals surface area contributed by atoms with Crippen molar-refractivity contribution in [3.63, 3.8) is 0 Å². The Kier molecular flexibility index (Phi) is 9.69. The molecule has 4 amide bonds. The molecule has 1 aliphatic rings. The molecular weight excluding hydrogens is 424 g/mol. The van der Waals surface area contributed by atoms with E-state index in [2.05, 4.69) is 10.6 Å². The molecule has 1 aliphatic heterocycles. The number of benzene rings is 1. The highest BCUT2D eigenvalue weighted by molar-refractivity contribution is 5.93. The second kappa shape index (κ2) is 12.2. The van der Waals surface area contributed by atoms with E-state index < -0.39 is 41.9 Å². The number of likely N-dealkylation sites (tertiary alicyclic amines) is 1. The molecule has 1 aromatic carbocycles. The predicted molar refractivity (Wildman–Crippen MR) is 124 cm³/mol. The summed E-state index contributed by atoms with van der Waals surface area (Å²) in [7, 11) is 0. The number of hydrogen-bond donors (Lipinski definition) is 3. The summed E-state index contributed by atoms with van der Waals surface area (Å²) in [6.45, 7) is 7.95. The Balaban J connectivity index is 2.03. The largest absolute Gasteiger partial charge is 0.445 e. The van der Waals surface area contributed by atoms with Gasteiger partial charge in [-0.3, -0.25) is 19.3 Å². The third kappa shape index (κ3) is 7.76. The van der Waals surface area contributed by atoms with Crippen LogP contribution < -0.4 is 16.4 Å². The van der Waals surface area contributed by atoms with Crippen LogP contribution in [0.25, 0.3) is 0 Å². The van der Waals surface area contributed by atoms with Crippen LogP contribution in [0.3, 0.4) is 0 Å². The van der Waals surface area contributed by atoms with Gasteiger partial charge >= 0.3 is 6.09 Å². The average Bonchev–Trinajstić information content (AvgIpc) is 3.25. The Morgan fingerprint density at radius 2 is 1.76 bits per heavy atom. The van der Waals surface area contributed by atoms with Crippen molar-refractivity contribution < 1.29 is 23.9 Å². The van der Waals surface area contributed by atoms with Crippen LogP contribution in [-0.4, -0.2) is 53.4 Å². The minimum absolute atomic E-state index is 0.114. The van der Waals surface area contributed by atoms with Crippen molar-refractivity contribution in [2.75, 3.05) is 6.54 Å².